The van der Waals surface area contributed by atoms with Gasteiger partial charge in [0.25, 0.3) is 0 Å². The lowest BCUT2D eigenvalue weighted by molar-refractivity contribution is -0.146. The quantitative estimate of drug-likeness (QED) is 0.0494. The Hall–Kier alpha value is -2.57. The second-order valence-electron chi connectivity index (χ2n) is 13.0. The van der Waals surface area contributed by atoms with E-state index in [-0.39, 0.29) is 17.8 Å². The Kier molecular flexibility index (Phi) is 18.9. The van der Waals surface area contributed by atoms with Gasteiger partial charge in [-0.2, -0.15) is 12.6 Å². The monoisotopic (exact) mass is 677 g/mol. The Balaban J connectivity index is 0.000000348. The van der Waals surface area contributed by atoms with E-state index in [0.29, 0.717) is 5.75 Å². The topological polar surface area (TPSA) is 58.6 Å². The summed E-state index contributed by atoms with van der Waals surface area (Å²) in [6, 6.07) is 20.6. The first kappa shape index (κ1) is 38.9. The fourth-order valence-electron chi connectivity index (χ4n) is 6.12. The van der Waals surface area contributed by atoms with Crippen LogP contribution in [-0.4, -0.2) is 16.8 Å². The van der Waals surface area contributed by atoms with E-state index >= 15 is 0 Å². The Bertz CT molecular complexity index is 1220. The van der Waals surface area contributed by atoms with Crippen molar-refractivity contribution in [1.29, 1.82) is 0 Å². The van der Waals surface area contributed by atoms with Crippen molar-refractivity contribution < 1.29 is 14.6 Å². The van der Waals surface area contributed by atoms with Gasteiger partial charge in [0.2, 0.25) is 0 Å². The maximum atomic E-state index is 11.9. The summed E-state index contributed by atoms with van der Waals surface area (Å²) in [5, 5.41) is 13.5. The molecule has 0 aliphatic carbocycles. The van der Waals surface area contributed by atoms with Crippen LogP contribution in [-0.2, 0) is 9.53 Å². The Labute approximate surface area is 295 Å². The minimum Gasteiger partial charge on any atom is -0.507 e. The number of thiol groups is 1. The largest absolute Gasteiger partial charge is 0.507 e. The van der Waals surface area contributed by atoms with Crippen molar-refractivity contribution in [2.75, 3.05) is 11.1 Å². The summed E-state index contributed by atoms with van der Waals surface area (Å²) in [6.07, 6.45) is 22.1. The van der Waals surface area contributed by atoms with Crippen LogP contribution in [0.4, 0.5) is 11.4 Å². The highest BCUT2D eigenvalue weighted by Crippen LogP contribution is 2.43. The molecule has 3 aromatic rings. The molecule has 1 unspecified atom stereocenters. The second kappa shape index (κ2) is 22.9. The molecule has 0 aromatic heterocycles. The van der Waals surface area contributed by atoms with Gasteiger partial charge in [-0.25, -0.2) is 0 Å². The van der Waals surface area contributed by atoms with E-state index in [1.807, 2.05) is 37.7 Å². The smallest absolute Gasteiger partial charge is 0.316 e. The number of phenols is 1. The van der Waals surface area contributed by atoms with Crippen molar-refractivity contribution in [3.05, 3.63) is 77.4 Å². The summed E-state index contributed by atoms with van der Waals surface area (Å²) >= 11 is 5.87. The van der Waals surface area contributed by atoms with Crippen LogP contribution in [0.3, 0.4) is 0 Å². The average molecular weight is 678 g/mol. The first-order valence-corrected chi connectivity index (χ1v) is 19.6. The number of rotatable bonds is 20. The van der Waals surface area contributed by atoms with Gasteiger partial charge in [0.05, 0.1) is 17.1 Å². The number of esters is 1. The number of nitrogens with one attached hydrogen (secondary N) is 1. The van der Waals surface area contributed by atoms with Gasteiger partial charge in [-0.15, -0.1) is 0 Å². The van der Waals surface area contributed by atoms with Crippen molar-refractivity contribution in [1.82, 2.24) is 0 Å². The number of hydrogen-bond donors (Lipinski definition) is 3. The molecule has 1 atom stereocenters. The molecule has 4 nitrogen and oxygen atoms in total. The lowest BCUT2D eigenvalue weighted by Gasteiger charge is -2.20. The molecule has 1 heterocycles. The zero-order valence-electron chi connectivity index (χ0n) is 29.2. The van der Waals surface area contributed by atoms with Crippen LogP contribution in [0.5, 0.6) is 5.75 Å². The molecular formula is C41H59NO3S2. The van der Waals surface area contributed by atoms with Crippen molar-refractivity contribution in [3.8, 4) is 5.75 Å². The molecule has 3 aromatic carbocycles. The maximum Gasteiger partial charge on any atom is 0.316 e. The lowest BCUT2D eigenvalue weighted by atomic mass is 9.97. The van der Waals surface area contributed by atoms with Gasteiger partial charge in [-0.1, -0.05) is 139 Å². The highest BCUT2D eigenvalue weighted by Gasteiger charge is 2.18. The van der Waals surface area contributed by atoms with Crippen molar-refractivity contribution >= 4 is 41.7 Å². The van der Waals surface area contributed by atoms with Crippen LogP contribution in [0.25, 0.3) is 0 Å². The number of hydrogen-bond acceptors (Lipinski definition) is 6. The predicted octanol–water partition coefficient (Wildman–Crippen LogP) is 13.1. The number of carbonyl (C=O) groups excluding carboxylic acids is 1. The third kappa shape index (κ3) is 14.6. The number of aromatic hydroxyl groups is 1. The molecule has 0 bridgehead atoms. The molecule has 0 fully saturated rings. The number of ether oxygens (including phenoxy) is 1. The Morgan fingerprint density at radius 3 is 1.60 bits per heavy atom. The van der Waals surface area contributed by atoms with Crippen LogP contribution in [0.2, 0.25) is 0 Å². The first-order valence-electron chi connectivity index (χ1n) is 18.2. The average Bonchev–Trinajstić information content (AvgIpc) is 3.08. The SMILES string of the molecule is CCCCCCCCCCCCCCCCCCC(OC(=O)CS)c1cc(C)c(O)c(C)c1.c1ccc2c(c1)Nc1ccccc1S2. The molecule has 0 radical (unpaired) electrons. The highest BCUT2D eigenvalue weighted by molar-refractivity contribution is 7.99. The standard InChI is InChI=1S/C29H50O3S.C12H9NS/c1-4-5-6-7-8-9-10-11-12-13-14-15-16-17-18-19-20-27(32-28(30)23-33)26-21-24(2)29(31)25(3)22-26;1-3-7-11-9(5-1)13-10-6-2-4-8-12(10)14-11/h21-22,27,31,33H,4-20,23H2,1-3H3;1-8,13H. The molecule has 4 rings (SSSR count). The number of fused-ring (bicyclic) bond motifs is 2. The van der Waals surface area contributed by atoms with E-state index in [4.69, 9.17) is 4.74 Å². The van der Waals surface area contributed by atoms with E-state index in [1.54, 1.807) is 0 Å². The van der Waals surface area contributed by atoms with Gasteiger partial charge in [0.1, 0.15) is 11.9 Å². The van der Waals surface area contributed by atoms with Crippen LogP contribution in [0.15, 0.2) is 70.5 Å². The molecule has 0 saturated heterocycles. The fourth-order valence-corrected chi connectivity index (χ4v) is 7.19. The van der Waals surface area contributed by atoms with Gasteiger partial charge >= 0.3 is 5.97 Å². The van der Waals surface area contributed by atoms with Gasteiger partial charge in [-0.05, 0) is 79.8 Å². The number of para-hydroxylation sites is 2. The maximum absolute atomic E-state index is 11.9. The molecule has 258 valence electrons. The number of unbranched alkanes of at least 4 members (excludes halogenated alkanes) is 15. The summed E-state index contributed by atoms with van der Waals surface area (Å²) < 4.78 is 5.66. The van der Waals surface area contributed by atoms with Gasteiger partial charge in [-0.3, -0.25) is 4.79 Å². The van der Waals surface area contributed by atoms with Crippen LogP contribution in [0.1, 0.15) is 139 Å². The normalized spacial score (nSPS) is 12.3. The molecule has 1 aliphatic heterocycles. The summed E-state index contributed by atoms with van der Waals surface area (Å²) in [6.45, 7) is 6.05. The van der Waals surface area contributed by atoms with Crippen LogP contribution >= 0.6 is 24.4 Å². The molecule has 6 heteroatoms. The van der Waals surface area contributed by atoms with E-state index in [2.05, 4.69) is 73.4 Å². The highest BCUT2D eigenvalue weighted by atomic mass is 32.2. The number of aryl methyl sites for hydroxylation is 2. The lowest BCUT2D eigenvalue weighted by Crippen LogP contribution is -2.13. The summed E-state index contributed by atoms with van der Waals surface area (Å²) in [5.74, 6) is 0.120. The third-order valence-corrected chi connectivity index (χ3v) is 10.3. The number of anilines is 2. The minimum atomic E-state index is -0.289. The molecule has 0 spiro atoms. The Morgan fingerprint density at radius 2 is 1.15 bits per heavy atom. The summed E-state index contributed by atoms with van der Waals surface area (Å²) in [7, 11) is 0. The van der Waals surface area contributed by atoms with Crippen molar-refractivity contribution in [2.24, 2.45) is 0 Å². The third-order valence-electron chi connectivity index (χ3n) is 8.87. The fraction of sp³-hybridized carbons (Fsp3) is 0.537. The molecule has 0 amide bonds. The van der Waals surface area contributed by atoms with E-state index in [9.17, 15) is 9.90 Å². The van der Waals surface area contributed by atoms with E-state index in [0.717, 1.165) is 29.5 Å². The summed E-state index contributed by atoms with van der Waals surface area (Å²) in [4.78, 5) is 14.5. The first-order chi connectivity index (χ1) is 22.9. The number of phenolic OH excluding ortho intramolecular Hbond substituents is 1. The number of carbonyl (C=O) groups is 1. The van der Waals surface area contributed by atoms with E-state index in [1.165, 1.54) is 117 Å². The van der Waals surface area contributed by atoms with Crippen molar-refractivity contribution in [3.63, 3.8) is 0 Å². The summed E-state index contributed by atoms with van der Waals surface area (Å²) in [5.41, 5.74) is 5.03. The molecule has 47 heavy (non-hydrogen) atoms. The number of benzene rings is 3. The zero-order valence-corrected chi connectivity index (χ0v) is 30.9. The predicted molar refractivity (Wildman–Crippen MR) is 205 cm³/mol. The minimum absolute atomic E-state index is 0.0888. The van der Waals surface area contributed by atoms with Gasteiger partial charge in [0.15, 0.2) is 0 Å². The van der Waals surface area contributed by atoms with Gasteiger partial charge in [0, 0.05) is 9.79 Å². The molecular weight excluding hydrogens is 619 g/mol. The van der Waals surface area contributed by atoms with Crippen LogP contribution < -0.4 is 5.32 Å². The zero-order chi connectivity index (χ0) is 33.7. The van der Waals surface area contributed by atoms with Crippen LogP contribution in [0, 0.1) is 13.8 Å². The second-order valence-corrected chi connectivity index (χ2v) is 14.4. The Morgan fingerprint density at radius 1 is 0.723 bits per heavy atom. The van der Waals surface area contributed by atoms with Gasteiger partial charge < -0.3 is 15.2 Å². The molecule has 1 aliphatic rings. The molecule has 2 N–H and O–H groups in total. The van der Waals surface area contributed by atoms with E-state index < -0.39 is 0 Å². The molecule has 0 saturated carbocycles. The van der Waals surface area contributed by atoms with Crippen molar-refractivity contribution in [2.45, 2.75) is 146 Å².